The second-order valence-electron chi connectivity index (χ2n) is 4.67. The molecule has 0 bridgehead atoms. The number of thiocarbonyl (C=S) groups is 1. The first-order valence-electron chi connectivity index (χ1n) is 6.34. The smallest absolute Gasteiger partial charge is 0.166 e. The molecule has 4 heteroatoms. The molecule has 0 atom stereocenters. The van der Waals surface area contributed by atoms with Crippen LogP contribution in [-0.2, 0) is 6.54 Å². The molecular formula is C13H20N2S2. The molecule has 1 aromatic rings. The predicted octanol–water partition coefficient (Wildman–Crippen LogP) is 3.35. The summed E-state index contributed by atoms with van der Waals surface area (Å²) in [4.78, 5) is 2.70. The van der Waals surface area contributed by atoms with Crippen LogP contribution in [0, 0.1) is 6.92 Å². The van der Waals surface area contributed by atoms with E-state index in [1.54, 1.807) is 0 Å². The maximum absolute atomic E-state index is 5.32. The van der Waals surface area contributed by atoms with E-state index in [1.807, 2.05) is 11.3 Å². The van der Waals surface area contributed by atoms with Gasteiger partial charge in [-0.2, -0.15) is 0 Å². The molecule has 0 saturated heterocycles. The zero-order valence-electron chi connectivity index (χ0n) is 10.3. The van der Waals surface area contributed by atoms with Crippen molar-refractivity contribution in [3.8, 4) is 0 Å². The van der Waals surface area contributed by atoms with Crippen molar-refractivity contribution in [2.24, 2.45) is 0 Å². The fourth-order valence-electron chi connectivity index (χ4n) is 2.23. The minimum Gasteiger partial charge on any atom is -0.360 e. The minimum atomic E-state index is 0.592. The van der Waals surface area contributed by atoms with E-state index in [2.05, 4.69) is 29.7 Å². The summed E-state index contributed by atoms with van der Waals surface area (Å²) < 4.78 is 0. The van der Waals surface area contributed by atoms with E-state index in [4.69, 9.17) is 12.2 Å². The third-order valence-corrected chi connectivity index (χ3v) is 4.42. The van der Waals surface area contributed by atoms with Crippen LogP contribution < -0.4 is 10.6 Å². The molecule has 2 rings (SSSR count). The van der Waals surface area contributed by atoms with Gasteiger partial charge in [0.15, 0.2) is 5.11 Å². The second-order valence-corrected chi connectivity index (χ2v) is 6.46. The molecule has 94 valence electrons. The van der Waals surface area contributed by atoms with E-state index in [-0.39, 0.29) is 0 Å². The Morgan fingerprint density at radius 2 is 2.12 bits per heavy atom. The van der Waals surface area contributed by atoms with Crippen molar-refractivity contribution in [2.45, 2.75) is 51.6 Å². The lowest BCUT2D eigenvalue weighted by Crippen LogP contribution is -2.42. The van der Waals surface area contributed by atoms with Gasteiger partial charge >= 0.3 is 0 Å². The first kappa shape index (κ1) is 12.8. The molecule has 0 unspecified atom stereocenters. The summed E-state index contributed by atoms with van der Waals surface area (Å²) in [6.45, 7) is 2.98. The number of hydrogen-bond donors (Lipinski definition) is 2. The Balaban J connectivity index is 1.70. The summed E-state index contributed by atoms with van der Waals surface area (Å²) in [6.07, 6.45) is 6.58. The molecule has 1 fully saturated rings. The van der Waals surface area contributed by atoms with Crippen molar-refractivity contribution in [1.29, 1.82) is 0 Å². The SMILES string of the molecule is Cc1ccc(CNC(=S)NC2CCCCC2)s1. The Labute approximate surface area is 113 Å². The Bertz CT molecular complexity index is 367. The first-order valence-corrected chi connectivity index (χ1v) is 7.56. The van der Waals surface area contributed by atoms with Gasteiger partial charge in [-0.15, -0.1) is 11.3 Å². The highest BCUT2D eigenvalue weighted by Crippen LogP contribution is 2.17. The van der Waals surface area contributed by atoms with Gasteiger partial charge < -0.3 is 10.6 Å². The van der Waals surface area contributed by atoms with E-state index in [0.29, 0.717) is 6.04 Å². The monoisotopic (exact) mass is 268 g/mol. The average Bonchev–Trinajstić information content (AvgIpc) is 2.74. The van der Waals surface area contributed by atoms with Crippen LogP contribution in [0.4, 0.5) is 0 Å². The van der Waals surface area contributed by atoms with Crippen LogP contribution in [0.5, 0.6) is 0 Å². The molecule has 0 aromatic carbocycles. The molecule has 1 saturated carbocycles. The number of rotatable bonds is 3. The van der Waals surface area contributed by atoms with Gasteiger partial charge in [-0.1, -0.05) is 19.3 Å². The number of thiophene rings is 1. The molecule has 1 aliphatic rings. The van der Waals surface area contributed by atoms with E-state index >= 15 is 0 Å². The van der Waals surface area contributed by atoms with Crippen LogP contribution in [-0.4, -0.2) is 11.2 Å². The summed E-state index contributed by atoms with van der Waals surface area (Å²) in [6, 6.07) is 4.91. The predicted molar refractivity (Wildman–Crippen MR) is 78.5 cm³/mol. The average molecular weight is 268 g/mol. The number of nitrogens with one attached hydrogen (secondary N) is 2. The van der Waals surface area contributed by atoms with Crippen molar-refractivity contribution in [2.75, 3.05) is 0 Å². The molecule has 1 heterocycles. The van der Waals surface area contributed by atoms with Crippen LogP contribution in [0.3, 0.4) is 0 Å². The maximum Gasteiger partial charge on any atom is 0.166 e. The summed E-state index contributed by atoms with van der Waals surface area (Å²) in [5.41, 5.74) is 0. The van der Waals surface area contributed by atoms with Crippen molar-refractivity contribution >= 4 is 28.7 Å². The van der Waals surface area contributed by atoms with Crippen molar-refractivity contribution in [1.82, 2.24) is 10.6 Å². The second kappa shape index (κ2) is 6.36. The van der Waals surface area contributed by atoms with Gasteiger partial charge in [0, 0.05) is 15.8 Å². The molecule has 0 amide bonds. The molecule has 2 N–H and O–H groups in total. The topological polar surface area (TPSA) is 24.1 Å². The largest absolute Gasteiger partial charge is 0.360 e. The van der Waals surface area contributed by atoms with Crippen LogP contribution in [0.25, 0.3) is 0 Å². The third-order valence-electron chi connectivity index (χ3n) is 3.16. The van der Waals surface area contributed by atoms with Gasteiger partial charge in [-0.25, -0.2) is 0 Å². The van der Waals surface area contributed by atoms with E-state index in [9.17, 15) is 0 Å². The number of aryl methyl sites for hydroxylation is 1. The first-order chi connectivity index (χ1) is 8.24. The maximum atomic E-state index is 5.32. The fraction of sp³-hybridized carbons (Fsp3) is 0.615. The standard InChI is InChI=1S/C13H20N2S2/c1-10-7-8-12(17-10)9-14-13(16)15-11-5-3-2-4-6-11/h7-8,11H,2-6,9H2,1H3,(H2,14,15,16). The van der Waals surface area contributed by atoms with Gasteiger partial charge in [-0.3, -0.25) is 0 Å². The van der Waals surface area contributed by atoms with Gasteiger partial charge in [0.05, 0.1) is 6.54 Å². The molecule has 0 aliphatic heterocycles. The van der Waals surface area contributed by atoms with Crippen molar-refractivity contribution < 1.29 is 0 Å². The van der Waals surface area contributed by atoms with E-state index in [0.717, 1.165) is 11.7 Å². The summed E-state index contributed by atoms with van der Waals surface area (Å²) in [5.74, 6) is 0. The number of hydrogen-bond acceptors (Lipinski definition) is 2. The lowest BCUT2D eigenvalue weighted by atomic mass is 9.96. The van der Waals surface area contributed by atoms with E-state index < -0.39 is 0 Å². The Morgan fingerprint density at radius 1 is 1.35 bits per heavy atom. The van der Waals surface area contributed by atoms with Gasteiger partial charge in [0.25, 0.3) is 0 Å². The molecule has 0 spiro atoms. The zero-order chi connectivity index (χ0) is 12.1. The Kier molecular flexibility index (Phi) is 4.80. The normalized spacial score (nSPS) is 16.8. The molecule has 1 aromatic heterocycles. The van der Waals surface area contributed by atoms with Gasteiger partial charge in [0.1, 0.15) is 0 Å². The van der Waals surface area contributed by atoms with Crippen molar-refractivity contribution in [3.63, 3.8) is 0 Å². The molecule has 17 heavy (non-hydrogen) atoms. The van der Waals surface area contributed by atoms with Crippen LogP contribution >= 0.6 is 23.6 Å². The van der Waals surface area contributed by atoms with Crippen LogP contribution in [0.15, 0.2) is 12.1 Å². The molecule has 0 radical (unpaired) electrons. The minimum absolute atomic E-state index is 0.592. The lowest BCUT2D eigenvalue weighted by Gasteiger charge is -2.24. The fourth-order valence-corrected chi connectivity index (χ4v) is 3.30. The zero-order valence-corrected chi connectivity index (χ0v) is 11.9. The van der Waals surface area contributed by atoms with Crippen LogP contribution in [0.1, 0.15) is 41.9 Å². The van der Waals surface area contributed by atoms with E-state index in [1.165, 1.54) is 41.9 Å². The third kappa shape index (κ3) is 4.28. The van der Waals surface area contributed by atoms with Gasteiger partial charge in [0.2, 0.25) is 0 Å². The Morgan fingerprint density at radius 3 is 2.76 bits per heavy atom. The highest BCUT2D eigenvalue weighted by molar-refractivity contribution is 7.80. The molecule has 1 aliphatic carbocycles. The highest BCUT2D eigenvalue weighted by atomic mass is 32.1. The van der Waals surface area contributed by atoms with Crippen LogP contribution in [0.2, 0.25) is 0 Å². The summed E-state index contributed by atoms with van der Waals surface area (Å²) in [7, 11) is 0. The van der Waals surface area contributed by atoms with Crippen molar-refractivity contribution in [3.05, 3.63) is 21.9 Å². The van der Waals surface area contributed by atoms with Gasteiger partial charge in [-0.05, 0) is 44.1 Å². The molecular weight excluding hydrogens is 248 g/mol. The summed E-state index contributed by atoms with van der Waals surface area (Å²) in [5, 5.41) is 7.52. The molecule has 2 nitrogen and oxygen atoms in total. The lowest BCUT2D eigenvalue weighted by molar-refractivity contribution is 0.412. The quantitative estimate of drug-likeness (QED) is 0.822. The summed E-state index contributed by atoms with van der Waals surface area (Å²) >= 11 is 7.15. The highest BCUT2D eigenvalue weighted by Gasteiger charge is 2.13. The Hall–Kier alpha value is -0.610.